The minimum absolute atomic E-state index is 0.0262. The lowest BCUT2D eigenvalue weighted by atomic mass is 10.1. The zero-order chi connectivity index (χ0) is 20.1. The summed E-state index contributed by atoms with van der Waals surface area (Å²) in [7, 11) is 0. The Morgan fingerprint density at radius 1 is 1.21 bits per heavy atom. The summed E-state index contributed by atoms with van der Waals surface area (Å²) in [6.07, 6.45) is 2.02. The van der Waals surface area contributed by atoms with Gasteiger partial charge in [-0.15, -0.1) is 0 Å². The highest BCUT2D eigenvalue weighted by Gasteiger charge is 2.15. The minimum atomic E-state index is -0.870. The fourth-order valence-electron chi connectivity index (χ4n) is 2.84. The van der Waals surface area contributed by atoms with E-state index >= 15 is 0 Å². The molecule has 0 aliphatic rings. The van der Waals surface area contributed by atoms with Crippen LogP contribution in [0.5, 0.6) is 5.75 Å². The van der Waals surface area contributed by atoms with Crippen LogP contribution in [0.2, 0.25) is 0 Å². The van der Waals surface area contributed by atoms with Crippen LogP contribution in [0, 0.1) is 19.7 Å². The van der Waals surface area contributed by atoms with E-state index in [1.54, 1.807) is 16.7 Å². The number of ether oxygens (including phenoxy) is 1. The molecule has 0 saturated heterocycles. The van der Waals surface area contributed by atoms with Crippen molar-refractivity contribution in [3.63, 3.8) is 0 Å². The largest absolute Gasteiger partial charge is 0.490 e. The Morgan fingerprint density at radius 2 is 1.89 bits per heavy atom. The number of carbonyl (C=O) groups excluding carboxylic acids is 1. The van der Waals surface area contributed by atoms with Crippen LogP contribution in [0.15, 0.2) is 55.0 Å². The standard InChI is InChI=1S/C21H22FN3O3/c1-14-4-3-5-15(2)20(14)28-12-18(26)10-24-21(27)19-11-23-13-25(19)17-8-6-16(22)7-9-17/h3-9,11,13,18,26H,10,12H2,1-2H3,(H,24,27). The quantitative estimate of drug-likeness (QED) is 0.658. The first kappa shape index (κ1) is 19.6. The maximum absolute atomic E-state index is 13.1. The highest BCUT2D eigenvalue weighted by Crippen LogP contribution is 2.22. The molecule has 0 aliphatic carbocycles. The van der Waals surface area contributed by atoms with E-state index in [0.29, 0.717) is 5.69 Å². The molecule has 7 heteroatoms. The van der Waals surface area contributed by atoms with Crippen molar-refractivity contribution < 1.29 is 19.0 Å². The second-order valence-electron chi connectivity index (χ2n) is 6.52. The van der Waals surface area contributed by atoms with Crippen LogP contribution in [-0.2, 0) is 0 Å². The number of benzene rings is 2. The molecule has 1 unspecified atom stereocenters. The number of nitrogens with zero attached hydrogens (tertiary/aromatic N) is 2. The van der Waals surface area contributed by atoms with Gasteiger partial charge in [0, 0.05) is 12.2 Å². The van der Waals surface area contributed by atoms with Crippen molar-refractivity contribution in [2.24, 2.45) is 0 Å². The van der Waals surface area contributed by atoms with Gasteiger partial charge in [-0.3, -0.25) is 9.36 Å². The number of aryl methyl sites for hydroxylation is 2. The van der Waals surface area contributed by atoms with Gasteiger partial charge in [0.05, 0.1) is 12.5 Å². The van der Waals surface area contributed by atoms with Crippen LogP contribution in [-0.4, -0.2) is 39.8 Å². The van der Waals surface area contributed by atoms with Gasteiger partial charge in [0.2, 0.25) is 0 Å². The van der Waals surface area contributed by atoms with Crippen molar-refractivity contribution in [3.05, 3.63) is 77.6 Å². The van der Waals surface area contributed by atoms with Gasteiger partial charge in [-0.2, -0.15) is 0 Å². The van der Waals surface area contributed by atoms with Crippen LogP contribution in [0.25, 0.3) is 5.69 Å². The number of aliphatic hydroxyl groups excluding tert-OH is 1. The number of amides is 1. The number of hydrogen-bond acceptors (Lipinski definition) is 4. The predicted molar refractivity (Wildman–Crippen MR) is 103 cm³/mol. The number of halogens is 1. The first-order valence-corrected chi connectivity index (χ1v) is 8.89. The number of aliphatic hydroxyl groups is 1. The van der Waals surface area contributed by atoms with Crippen molar-refractivity contribution in [2.45, 2.75) is 20.0 Å². The van der Waals surface area contributed by atoms with Crippen molar-refractivity contribution in [2.75, 3.05) is 13.2 Å². The number of para-hydroxylation sites is 1. The van der Waals surface area contributed by atoms with Gasteiger partial charge in [0.15, 0.2) is 0 Å². The molecule has 2 aromatic carbocycles. The maximum Gasteiger partial charge on any atom is 0.270 e. The molecule has 28 heavy (non-hydrogen) atoms. The van der Waals surface area contributed by atoms with Gasteiger partial charge in [0.25, 0.3) is 5.91 Å². The molecule has 0 spiro atoms. The molecular formula is C21H22FN3O3. The van der Waals surface area contributed by atoms with Gasteiger partial charge < -0.3 is 15.2 Å². The molecule has 6 nitrogen and oxygen atoms in total. The van der Waals surface area contributed by atoms with Gasteiger partial charge >= 0.3 is 0 Å². The van der Waals surface area contributed by atoms with E-state index in [2.05, 4.69) is 10.3 Å². The highest BCUT2D eigenvalue weighted by atomic mass is 19.1. The van der Waals surface area contributed by atoms with Crippen LogP contribution in [0.3, 0.4) is 0 Å². The maximum atomic E-state index is 13.1. The number of imidazole rings is 1. The monoisotopic (exact) mass is 383 g/mol. The van der Waals surface area contributed by atoms with Gasteiger partial charge in [-0.1, -0.05) is 18.2 Å². The number of rotatable bonds is 7. The summed E-state index contributed by atoms with van der Waals surface area (Å²) in [6, 6.07) is 11.6. The Kier molecular flexibility index (Phi) is 6.06. The molecule has 1 atom stereocenters. The SMILES string of the molecule is Cc1cccc(C)c1OCC(O)CNC(=O)c1cncn1-c1ccc(F)cc1. The lowest BCUT2D eigenvalue weighted by Gasteiger charge is -2.16. The second kappa shape index (κ2) is 8.67. The summed E-state index contributed by atoms with van der Waals surface area (Å²) in [4.78, 5) is 16.4. The smallest absolute Gasteiger partial charge is 0.270 e. The molecular weight excluding hydrogens is 361 g/mol. The molecule has 0 fully saturated rings. The van der Waals surface area contributed by atoms with E-state index < -0.39 is 12.0 Å². The number of carbonyl (C=O) groups is 1. The molecule has 3 aromatic rings. The van der Waals surface area contributed by atoms with Gasteiger partial charge in [-0.05, 0) is 49.2 Å². The molecule has 3 rings (SSSR count). The molecule has 1 amide bonds. The summed E-state index contributed by atoms with van der Waals surface area (Å²) in [5, 5.41) is 12.8. The second-order valence-corrected chi connectivity index (χ2v) is 6.52. The summed E-state index contributed by atoms with van der Waals surface area (Å²) >= 11 is 0. The molecule has 1 aromatic heterocycles. The van der Waals surface area contributed by atoms with Gasteiger partial charge in [0.1, 0.15) is 30.0 Å². The number of aromatic nitrogens is 2. The van der Waals surface area contributed by atoms with Gasteiger partial charge in [-0.25, -0.2) is 9.37 Å². The Morgan fingerprint density at radius 3 is 2.57 bits per heavy atom. The highest BCUT2D eigenvalue weighted by molar-refractivity contribution is 5.93. The first-order chi connectivity index (χ1) is 13.5. The zero-order valence-corrected chi connectivity index (χ0v) is 15.7. The van der Waals surface area contributed by atoms with E-state index in [-0.39, 0.29) is 24.7 Å². The van der Waals surface area contributed by atoms with Crippen LogP contribution in [0.1, 0.15) is 21.6 Å². The van der Waals surface area contributed by atoms with E-state index in [4.69, 9.17) is 4.74 Å². The molecule has 2 N–H and O–H groups in total. The Labute approximate surface area is 162 Å². The molecule has 0 bridgehead atoms. The topological polar surface area (TPSA) is 76.4 Å². The molecule has 0 saturated carbocycles. The Bertz CT molecular complexity index is 934. The summed E-state index contributed by atoms with van der Waals surface area (Å²) in [5.74, 6) is -0.0166. The third kappa shape index (κ3) is 4.55. The summed E-state index contributed by atoms with van der Waals surface area (Å²) in [5.41, 5.74) is 2.87. The van der Waals surface area contributed by atoms with Crippen LogP contribution >= 0.6 is 0 Å². The zero-order valence-electron chi connectivity index (χ0n) is 15.7. The van der Waals surface area contributed by atoms with Crippen LogP contribution < -0.4 is 10.1 Å². The lowest BCUT2D eigenvalue weighted by molar-refractivity contribution is 0.0836. The van der Waals surface area contributed by atoms with Crippen molar-refractivity contribution in [3.8, 4) is 11.4 Å². The van der Waals surface area contributed by atoms with E-state index in [0.717, 1.165) is 16.9 Å². The normalized spacial score (nSPS) is 11.9. The fourth-order valence-corrected chi connectivity index (χ4v) is 2.84. The van der Waals surface area contributed by atoms with Crippen molar-refractivity contribution in [1.29, 1.82) is 0 Å². The van der Waals surface area contributed by atoms with E-state index in [9.17, 15) is 14.3 Å². The minimum Gasteiger partial charge on any atom is -0.490 e. The third-order valence-corrected chi connectivity index (χ3v) is 4.30. The molecule has 146 valence electrons. The molecule has 0 radical (unpaired) electrons. The van der Waals surface area contributed by atoms with E-state index in [1.165, 1.54) is 24.7 Å². The number of hydrogen-bond donors (Lipinski definition) is 2. The van der Waals surface area contributed by atoms with Crippen molar-refractivity contribution in [1.82, 2.24) is 14.9 Å². The predicted octanol–water partition coefficient (Wildman–Crippen LogP) is 2.80. The average molecular weight is 383 g/mol. The van der Waals surface area contributed by atoms with Crippen molar-refractivity contribution >= 4 is 5.91 Å². The Hall–Kier alpha value is -3.19. The fraction of sp³-hybridized carbons (Fsp3) is 0.238. The van der Waals surface area contributed by atoms with Crippen LogP contribution in [0.4, 0.5) is 4.39 Å². The first-order valence-electron chi connectivity index (χ1n) is 8.89. The average Bonchev–Trinajstić information content (AvgIpc) is 3.16. The lowest BCUT2D eigenvalue weighted by Crippen LogP contribution is -2.36. The third-order valence-electron chi connectivity index (χ3n) is 4.30. The molecule has 0 aliphatic heterocycles. The number of nitrogens with one attached hydrogen (secondary N) is 1. The van der Waals surface area contributed by atoms with E-state index in [1.807, 2.05) is 32.0 Å². The summed E-state index contributed by atoms with van der Waals surface area (Å²) < 4.78 is 20.4. The summed E-state index contributed by atoms with van der Waals surface area (Å²) in [6.45, 7) is 3.96. The molecule has 1 heterocycles. The Balaban J connectivity index is 1.57.